The van der Waals surface area contributed by atoms with Crippen LogP contribution in [0.25, 0.3) is 0 Å². The van der Waals surface area contributed by atoms with E-state index < -0.39 is 17.3 Å². The lowest BCUT2D eigenvalue weighted by Crippen LogP contribution is -2.38. The van der Waals surface area contributed by atoms with Gasteiger partial charge in [-0.1, -0.05) is 12.1 Å². The van der Waals surface area contributed by atoms with Crippen molar-refractivity contribution in [1.29, 1.82) is 0 Å². The Bertz CT molecular complexity index is 621. The van der Waals surface area contributed by atoms with Crippen LogP contribution in [0.4, 0.5) is 0 Å². The summed E-state index contributed by atoms with van der Waals surface area (Å²) < 4.78 is 5.36. The van der Waals surface area contributed by atoms with Crippen molar-refractivity contribution in [3.63, 3.8) is 0 Å². The summed E-state index contributed by atoms with van der Waals surface area (Å²) in [6.45, 7) is 2.85. The molecule has 0 unspecified atom stereocenters. The molecule has 22 heavy (non-hydrogen) atoms. The summed E-state index contributed by atoms with van der Waals surface area (Å²) in [5.41, 5.74) is 1.56. The minimum absolute atomic E-state index is 0.0714. The third kappa shape index (κ3) is 2.34. The van der Waals surface area contributed by atoms with Crippen molar-refractivity contribution in [2.45, 2.75) is 31.6 Å². The number of ether oxygens (including phenoxy) is 1. The second-order valence-corrected chi connectivity index (χ2v) is 6.34. The fourth-order valence-electron chi connectivity index (χ4n) is 3.32. The number of hydrogen-bond donors (Lipinski definition) is 1. The lowest BCUT2D eigenvalue weighted by molar-refractivity contribution is -0.141. The van der Waals surface area contributed by atoms with E-state index in [0.29, 0.717) is 19.5 Å². The van der Waals surface area contributed by atoms with Crippen LogP contribution >= 0.6 is 0 Å². The molecule has 1 N–H and O–H groups in total. The summed E-state index contributed by atoms with van der Waals surface area (Å²) in [4.78, 5) is 25.7. The number of aryl methyl sites for hydroxylation is 1. The molecule has 1 saturated carbocycles. The van der Waals surface area contributed by atoms with Crippen LogP contribution in [0, 0.1) is 12.8 Å². The Morgan fingerprint density at radius 2 is 2.09 bits per heavy atom. The van der Waals surface area contributed by atoms with Crippen LogP contribution in [-0.2, 0) is 15.0 Å². The Balaban J connectivity index is 1.82. The molecule has 1 atom stereocenters. The molecule has 1 aliphatic carbocycles. The number of amides is 1. The number of carboxylic acid groups (broad SMARTS) is 1. The van der Waals surface area contributed by atoms with E-state index in [2.05, 4.69) is 0 Å². The average molecular weight is 303 g/mol. The highest BCUT2D eigenvalue weighted by atomic mass is 16.5. The standard InChI is InChI=1S/C17H21NO4/c1-11-3-4-13(9-14(11)22-2)17(6-7-17)16(21)18-8-5-12(10-18)15(19)20/h3-4,9,12H,5-8,10H2,1-2H3,(H,19,20)/t12-/m0/s1. The van der Waals surface area contributed by atoms with Gasteiger partial charge in [-0.2, -0.15) is 0 Å². The van der Waals surface area contributed by atoms with Crippen molar-refractivity contribution < 1.29 is 19.4 Å². The number of methoxy groups -OCH3 is 1. The first-order valence-electron chi connectivity index (χ1n) is 7.65. The second kappa shape index (κ2) is 5.30. The first-order chi connectivity index (χ1) is 10.5. The van der Waals surface area contributed by atoms with Gasteiger partial charge in [-0.05, 0) is 43.4 Å². The Labute approximate surface area is 129 Å². The number of benzene rings is 1. The molecule has 0 bridgehead atoms. The van der Waals surface area contributed by atoms with Crippen LogP contribution in [0.5, 0.6) is 5.75 Å². The minimum Gasteiger partial charge on any atom is -0.496 e. The molecular weight excluding hydrogens is 282 g/mol. The summed E-state index contributed by atoms with van der Waals surface area (Å²) in [6.07, 6.45) is 2.20. The topological polar surface area (TPSA) is 66.8 Å². The largest absolute Gasteiger partial charge is 0.496 e. The van der Waals surface area contributed by atoms with Crippen molar-refractivity contribution in [2.24, 2.45) is 5.92 Å². The van der Waals surface area contributed by atoms with Crippen molar-refractivity contribution in [3.8, 4) is 5.75 Å². The van der Waals surface area contributed by atoms with Crippen LogP contribution in [0.15, 0.2) is 18.2 Å². The van der Waals surface area contributed by atoms with E-state index in [0.717, 1.165) is 29.7 Å². The molecule has 1 aliphatic heterocycles. The van der Waals surface area contributed by atoms with Gasteiger partial charge in [0.05, 0.1) is 18.4 Å². The van der Waals surface area contributed by atoms with Crippen LogP contribution in [0.1, 0.15) is 30.4 Å². The lowest BCUT2D eigenvalue weighted by Gasteiger charge is -2.24. The summed E-state index contributed by atoms with van der Waals surface area (Å²) in [5.74, 6) is -0.368. The lowest BCUT2D eigenvalue weighted by atomic mass is 9.93. The van der Waals surface area contributed by atoms with Gasteiger partial charge in [-0.3, -0.25) is 9.59 Å². The van der Waals surface area contributed by atoms with E-state index >= 15 is 0 Å². The molecule has 1 aromatic carbocycles. The van der Waals surface area contributed by atoms with Gasteiger partial charge in [0, 0.05) is 13.1 Å². The van der Waals surface area contributed by atoms with Gasteiger partial charge >= 0.3 is 5.97 Å². The van der Waals surface area contributed by atoms with Gasteiger partial charge < -0.3 is 14.7 Å². The Hall–Kier alpha value is -2.04. The Morgan fingerprint density at radius 1 is 1.36 bits per heavy atom. The number of carboxylic acids is 1. The van der Waals surface area contributed by atoms with Gasteiger partial charge in [-0.25, -0.2) is 0 Å². The van der Waals surface area contributed by atoms with Crippen molar-refractivity contribution in [1.82, 2.24) is 4.90 Å². The molecule has 2 aliphatic rings. The summed E-state index contributed by atoms with van der Waals surface area (Å²) in [7, 11) is 1.63. The maximum atomic E-state index is 12.9. The predicted octanol–water partition coefficient (Wildman–Crippen LogP) is 1.97. The molecule has 3 rings (SSSR count). The molecule has 1 heterocycles. The average Bonchev–Trinajstić information content (AvgIpc) is 3.16. The number of likely N-dealkylation sites (tertiary alicyclic amines) is 1. The predicted molar refractivity (Wildman–Crippen MR) is 81.0 cm³/mol. The summed E-state index contributed by atoms with van der Waals surface area (Å²) in [5, 5.41) is 9.09. The number of aliphatic carboxylic acids is 1. The van der Waals surface area contributed by atoms with Crippen molar-refractivity contribution in [2.75, 3.05) is 20.2 Å². The van der Waals surface area contributed by atoms with Crippen LogP contribution < -0.4 is 4.74 Å². The van der Waals surface area contributed by atoms with E-state index in [1.54, 1.807) is 12.0 Å². The highest BCUT2D eigenvalue weighted by Crippen LogP contribution is 2.51. The van der Waals surface area contributed by atoms with Gasteiger partial charge in [-0.15, -0.1) is 0 Å². The van der Waals surface area contributed by atoms with Gasteiger partial charge in [0.25, 0.3) is 0 Å². The second-order valence-electron chi connectivity index (χ2n) is 6.34. The molecule has 5 nitrogen and oxygen atoms in total. The zero-order valence-corrected chi connectivity index (χ0v) is 13.0. The van der Waals surface area contributed by atoms with Crippen molar-refractivity contribution in [3.05, 3.63) is 29.3 Å². The third-order valence-electron chi connectivity index (χ3n) is 4.94. The number of hydrogen-bond acceptors (Lipinski definition) is 3. The smallest absolute Gasteiger partial charge is 0.308 e. The molecule has 0 radical (unpaired) electrons. The normalized spacial score (nSPS) is 22.5. The van der Waals surface area contributed by atoms with Gasteiger partial charge in [0.1, 0.15) is 5.75 Å². The van der Waals surface area contributed by atoms with Gasteiger partial charge in [0.2, 0.25) is 5.91 Å². The zero-order valence-electron chi connectivity index (χ0n) is 13.0. The van der Waals surface area contributed by atoms with E-state index in [1.165, 1.54) is 0 Å². The van der Waals surface area contributed by atoms with Crippen LogP contribution in [-0.4, -0.2) is 42.1 Å². The first kappa shape index (κ1) is 14.9. The fourth-order valence-corrected chi connectivity index (χ4v) is 3.32. The van der Waals surface area contributed by atoms with Crippen LogP contribution in [0.2, 0.25) is 0 Å². The Kier molecular flexibility index (Phi) is 3.59. The number of carbonyl (C=O) groups is 2. The van der Waals surface area contributed by atoms with E-state index in [1.807, 2.05) is 25.1 Å². The maximum Gasteiger partial charge on any atom is 0.308 e. The van der Waals surface area contributed by atoms with E-state index in [4.69, 9.17) is 9.84 Å². The Morgan fingerprint density at radius 3 is 2.64 bits per heavy atom. The molecule has 118 valence electrons. The molecule has 1 amide bonds. The zero-order chi connectivity index (χ0) is 15.9. The van der Waals surface area contributed by atoms with Crippen molar-refractivity contribution >= 4 is 11.9 Å². The van der Waals surface area contributed by atoms with E-state index in [-0.39, 0.29) is 5.91 Å². The first-order valence-corrected chi connectivity index (χ1v) is 7.65. The number of nitrogens with zero attached hydrogens (tertiary/aromatic N) is 1. The quantitative estimate of drug-likeness (QED) is 0.923. The third-order valence-corrected chi connectivity index (χ3v) is 4.94. The minimum atomic E-state index is -0.808. The van der Waals surface area contributed by atoms with E-state index in [9.17, 15) is 9.59 Å². The number of carbonyl (C=O) groups excluding carboxylic acids is 1. The summed E-state index contributed by atoms with van der Waals surface area (Å²) in [6, 6.07) is 5.92. The number of rotatable bonds is 4. The molecule has 0 spiro atoms. The molecule has 1 aromatic rings. The highest BCUT2D eigenvalue weighted by molar-refractivity contribution is 5.92. The summed E-state index contributed by atoms with van der Waals surface area (Å²) >= 11 is 0. The molecule has 0 aromatic heterocycles. The van der Waals surface area contributed by atoms with Crippen LogP contribution in [0.3, 0.4) is 0 Å². The molecular formula is C17H21NO4. The van der Waals surface area contributed by atoms with Gasteiger partial charge in [0.15, 0.2) is 0 Å². The monoisotopic (exact) mass is 303 g/mol. The molecule has 5 heteroatoms. The highest BCUT2D eigenvalue weighted by Gasteiger charge is 2.54. The molecule has 2 fully saturated rings. The molecule has 1 saturated heterocycles. The SMILES string of the molecule is COc1cc(C2(C(=O)N3CC[C@H](C(=O)O)C3)CC2)ccc1C. The fraction of sp³-hybridized carbons (Fsp3) is 0.529. The maximum absolute atomic E-state index is 12.9.